The van der Waals surface area contributed by atoms with E-state index in [0.717, 1.165) is 5.92 Å². The van der Waals surface area contributed by atoms with Gasteiger partial charge in [-0.05, 0) is 43.6 Å². The minimum absolute atomic E-state index is 0.703. The molecule has 1 N–H and O–H groups in total. The molecule has 0 aromatic carbocycles. The third-order valence-electron chi connectivity index (χ3n) is 4.00. The van der Waals surface area contributed by atoms with Crippen LogP contribution in [0.15, 0.2) is 0 Å². The van der Waals surface area contributed by atoms with E-state index in [9.17, 15) is 0 Å². The van der Waals surface area contributed by atoms with E-state index >= 15 is 0 Å². The molecule has 1 spiro atoms. The first-order valence-corrected chi connectivity index (χ1v) is 6.02. The summed E-state index contributed by atoms with van der Waals surface area (Å²) in [6.07, 6.45) is 10.3. The Bertz CT molecular complexity index is 157. The highest BCUT2D eigenvalue weighted by atomic mass is 14.9. The highest BCUT2D eigenvalue weighted by Crippen LogP contribution is 2.43. The summed E-state index contributed by atoms with van der Waals surface area (Å²) in [5.74, 6) is 0.980. The van der Waals surface area contributed by atoms with Gasteiger partial charge in [0.2, 0.25) is 0 Å². The Morgan fingerprint density at radius 1 is 1.15 bits per heavy atom. The minimum atomic E-state index is 0.703. The minimum Gasteiger partial charge on any atom is -0.316 e. The molecular formula is C12H23N. The van der Waals surface area contributed by atoms with Crippen molar-refractivity contribution in [3.8, 4) is 0 Å². The van der Waals surface area contributed by atoms with Crippen molar-refractivity contribution in [1.29, 1.82) is 0 Å². The smallest absolute Gasteiger partial charge is 0.000791 e. The van der Waals surface area contributed by atoms with E-state index in [4.69, 9.17) is 0 Å². The normalized spacial score (nSPS) is 41.8. The van der Waals surface area contributed by atoms with Crippen molar-refractivity contribution in [2.24, 2.45) is 11.3 Å². The number of rotatable bonds is 0. The maximum atomic E-state index is 3.63. The fraction of sp³-hybridized carbons (Fsp3) is 1.00. The second-order valence-electron chi connectivity index (χ2n) is 5.34. The molecule has 13 heavy (non-hydrogen) atoms. The molecule has 0 aromatic heterocycles. The molecule has 2 aliphatic rings. The summed E-state index contributed by atoms with van der Waals surface area (Å²) in [5.41, 5.74) is 0.703. The Labute approximate surface area is 82.3 Å². The maximum Gasteiger partial charge on any atom is 0.000791 e. The van der Waals surface area contributed by atoms with Gasteiger partial charge in [-0.2, -0.15) is 0 Å². The molecule has 2 rings (SSSR count). The van der Waals surface area contributed by atoms with E-state index in [2.05, 4.69) is 12.2 Å². The lowest BCUT2D eigenvalue weighted by Gasteiger charge is -2.39. The van der Waals surface area contributed by atoms with E-state index in [1.165, 1.54) is 58.0 Å². The van der Waals surface area contributed by atoms with Crippen LogP contribution in [0, 0.1) is 11.3 Å². The van der Waals surface area contributed by atoms with Crippen molar-refractivity contribution in [3.63, 3.8) is 0 Å². The van der Waals surface area contributed by atoms with Crippen molar-refractivity contribution in [2.45, 2.75) is 51.9 Å². The van der Waals surface area contributed by atoms with Crippen molar-refractivity contribution < 1.29 is 0 Å². The molecule has 2 atom stereocenters. The third kappa shape index (κ3) is 2.25. The van der Waals surface area contributed by atoms with Crippen LogP contribution < -0.4 is 5.32 Å². The van der Waals surface area contributed by atoms with Crippen LogP contribution >= 0.6 is 0 Å². The highest BCUT2D eigenvalue weighted by Gasteiger charge is 2.34. The zero-order chi connectivity index (χ0) is 9.15. The van der Waals surface area contributed by atoms with Gasteiger partial charge in [-0.15, -0.1) is 0 Å². The van der Waals surface area contributed by atoms with Crippen LogP contribution in [0.25, 0.3) is 0 Å². The molecule has 0 bridgehead atoms. The van der Waals surface area contributed by atoms with E-state index in [1.807, 2.05) is 0 Å². The molecule has 1 nitrogen and oxygen atoms in total. The predicted octanol–water partition coefficient (Wildman–Crippen LogP) is 2.96. The Balaban J connectivity index is 1.99. The summed E-state index contributed by atoms with van der Waals surface area (Å²) >= 11 is 0. The van der Waals surface area contributed by atoms with Gasteiger partial charge in [-0.3, -0.25) is 0 Å². The fourth-order valence-corrected chi connectivity index (χ4v) is 3.35. The molecule has 0 amide bonds. The molecule has 2 unspecified atom stereocenters. The van der Waals surface area contributed by atoms with Crippen LogP contribution in [0.3, 0.4) is 0 Å². The topological polar surface area (TPSA) is 12.0 Å². The molecule has 1 saturated carbocycles. The van der Waals surface area contributed by atoms with Crippen LogP contribution in [0.4, 0.5) is 0 Å². The van der Waals surface area contributed by atoms with Gasteiger partial charge in [0.05, 0.1) is 0 Å². The third-order valence-corrected chi connectivity index (χ3v) is 4.00. The Morgan fingerprint density at radius 2 is 2.00 bits per heavy atom. The summed E-state index contributed by atoms with van der Waals surface area (Å²) < 4.78 is 0. The summed E-state index contributed by atoms with van der Waals surface area (Å²) in [5, 5.41) is 3.63. The van der Waals surface area contributed by atoms with Gasteiger partial charge in [-0.25, -0.2) is 0 Å². The molecule has 1 saturated heterocycles. The second kappa shape index (κ2) is 4.00. The van der Waals surface area contributed by atoms with Gasteiger partial charge in [0.25, 0.3) is 0 Å². The zero-order valence-electron chi connectivity index (χ0n) is 8.94. The molecular weight excluding hydrogens is 158 g/mol. The Hall–Kier alpha value is -0.0400. The first-order valence-electron chi connectivity index (χ1n) is 6.02. The van der Waals surface area contributed by atoms with Gasteiger partial charge in [0.15, 0.2) is 0 Å². The van der Waals surface area contributed by atoms with Crippen LogP contribution in [-0.2, 0) is 0 Å². The molecule has 2 fully saturated rings. The second-order valence-corrected chi connectivity index (χ2v) is 5.34. The summed E-state index contributed by atoms with van der Waals surface area (Å²) in [7, 11) is 0. The van der Waals surface area contributed by atoms with Crippen LogP contribution in [0.5, 0.6) is 0 Å². The van der Waals surface area contributed by atoms with Gasteiger partial charge >= 0.3 is 0 Å². The number of nitrogens with one attached hydrogen (secondary N) is 1. The summed E-state index contributed by atoms with van der Waals surface area (Å²) in [4.78, 5) is 0. The molecule has 0 radical (unpaired) electrons. The molecule has 1 heterocycles. The fourth-order valence-electron chi connectivity index (χ4n) is 3.35. The number of hydrogen-bond donors (Lipinski definition) is 1. The molecule has 76 valence electrons. The van der Waals surface area contributed by atoms with Gasteiger partial charge < -0.3 is 5.32 Å². The van der Waals surface area contributed by atoms with Crippen LogP contribution in [0.2, 0.25) is 0 Å². The lowest BCUT2D eigenvalue weighted by atomic mass is 9.68. The summed E-state index contributed by atoms with van der Waals surface area (Å²) in [6, 6.07) is 0. The van der Waals surface area contributed by atoms with Crippen molar-refractivity contribution >= 4 is 0 Å². The van der Waals surface area contributed by atoms with Gasteiger partial charge in [0.1, 0.15) is 0 Å². The average Bonchev–Trinajstić information content (AvgIpc) is 2.31. The first kappa shape index (κ1) is 9.51. The molecule has 1 aliphatic carbocycles. The lowest BCUT2D eigenvalue weighted by Crippen LogP contribution is -2.36. The van der Waals surface area contributed by atoms with Gasteiger partial charge in [0, 0.05) is 6.54 Å². The van der Waals surface area contributed by atoms with E-state index in [1.54, 1.807) is 0 Å². The van der Waals surface area contributed by atoms with Crippen molar-refractivity contribution in [2.75, 3.05) is 13.1 Å². The Morgan fingerprint density at radius 3 is 2.85 bits per heavy atom. The standard InChI is InChI=1S/C12H23N/c1-11-5-4-7-12(9-11)6-2-3-8-13-10-12/h11,13H,2-10H2,1H3. The predicted molar refractivity (Wildman–Crippen MR) is 56.8 cm³/mol. The van der Waals surface area contributed by atoms with E-state index in [-0.39, 0.29) is 0 Å². The van der Waals surface area contributed by atoms with Crippen LogP contribution in [-0.4, -0.2) is 13.1 Å². The Kier molecular flexibility index (Phi) is 2.92. The molecule has 1 heteroatoms. The monoisotopic (exact) mass is 181 g/mol. The van der Waals surface area contributed by atoms with Crippen LogP contribution in [0.1, 0.15) is 51.9 Å². The molecule has 1 aliphatic heterocycles. The highest BCUT2D eigenvalue weighted by molar-refractivity contribution is 4.88. The largest absolute Gasteiger partial charge is 0.316 e. The SMILES string of the molecule is CC1CCCC2(CCCCNC2)C1. The lowest BCUT2D eigenvalue weighted by molar-refractivity contribution is 0.136. The average molecular weight is 181 g/mol. The molecule has 0 aromatic rings. The van der Waals surface area contributed by atoms with Crippen molar-refractivity contribution in [1.82, 2.24) is 5.32 Å². The summed E-state index contributed by atoms with van der Waals surface area (Å²) in [6.45, 7) is 5.00. The maximum absolute atomic E-state index is 3.63. The van der Waals surface area contributed by atoms with Crippen molar-refractivity contribution in [3.05, 3.63) is 0 Å². The van der Waals surface area contributed by atoms with Gasteiger partial charge in [-0.1, -0.05) is 26.2 Å². The zero-order valence-corrected chi connectivity index (χ0v) is 8.94. The first-order chi connectivity index (χ1) is 6.31. The van der Waals surface area contributed by atoms with E-state index in [0.29, 0.717) is 5.41 Å². The number of hydrogen-bond acceptors (Lipinski definition) is 1. The quantitative estimate of drug-likeness (QED) is 0.606. The van der Waals surface area contributed by atoms with E-state index < -0.39 is 0 Å².